The molecular formula is C17H18Cl3N5O3. The van der Waals surface area contributed by atoms with Gasteiger partial charge in [-0.3, -0.25) is 9.69 Å². The number of aromatic nitrogens is 2. The van der Waals surface area contributed by atoms with Crippen LogP contribution >= 0.6 is 34.8 Å². The standard InChI is InChI=1S/C17H18Cl3N5O3/c1-11-16(20)17(25(27)28)21-24(11)10-15(26)23-6-4-22(5-7-23)9-12-2-3-13(18)8-14(12)19/h2-3,8H,4-7,9-10H2,1H3. The summed E-state index contributed by atoms with van der Waals surface area (Å²) in [6.07, 6.45) is 0. The second-order valence-electron chi connectivity index (χ2n) is 6.53. The first kappa shape index (κ1) is 20.9. The normalized spacial score (nSPS) is 15.1. The van der Waals surface area contributed by atoms with Crippen LogP contribution in [-0.2, 0) is 17.9 Å². The summed E-state index contributed by atoms with van der Waals surface area (Å²) >= 11 is 18.1. The van der Waals surface area contributed by atoms with Gasteiger partial charge in [-0.1, -0.05) is 40.9 Å². The Balaban J connectivity index is 1.57. The first-order valence-corrected chi connectivity index (χ1v) is 9.71. The molecule has 11 heteroatoms. The van der Waals surface area contributed by atoms with Crippen molar-refractivity contribution in [2.24, 2.45) is 0 Å². The predicted molar refractivity (Wildman–Crippen MR) is 107 cm³/mol. The molecular weight excluding hydrogens is 429 g/mol. The molecule has 0 spiro atoms. The van der Waals surface area contributed by atoms with E-state index in [9.17, 15) is 14.9 Å². The van der Waals surface area contributed by atoms with Gasteiger partial charge in [0.2, 0.25) is 5.91 Å². The van der Waals surface area contributed by atoms with Crippen LogP contribution in [0.15, 0.2) is 18.2 Å². The van der Waals surface area contributed by atoms with Gasteiger partial charge in [0, 0.05) is 42.8 Å². The average Bonchev–Trinajstić information content (AvgIpc) is 2.93. The van der Waals surface area contributed by atoms with Crippen LogP contribution in [0.4, 0.5) is 5.82 Å². The first-order valence-electron chi connectivity index (χ1n) is 8.57. The number of hydrogen-bond acceptors (Lipinski definition) is 5. The van der Waals surface area contributed by atoms with Gasteiger partial charge in [-0.2, -0.15) is 4.68 Å². The lowest BCUT2D eigenvalue weighted by atomic mass is 10.2. The predicted octanol–water partition coefficient (Wildman–Crippen LogP) is 3.40. The number of halogens is 3. The molecule has 1 aromatic heterocycles. The molecule has 1 fully saturated rings. The zero-order chi connectivity index (χ0) is 20.4. The third-order valence-electron chi connectivity index (χ3n) is 4.71. The summed E-state index contributed by atoms with van der Waals surface area (Å²) in [5, 5.41) is 15.9. The number of nitro groups is 1. The average molecular weight is 447 g/mol. The minimum Gasteiger partial charge on any atom is -0.358 e. The van der Waals surface area contributed by atoms with E-state index in [0.717, 1.165) is 5.56 Å². The Hall–Kier alpha value is -1.87. The highest BCUT2D eigenvalue weighted by atomic mass is 35.5. The highest BCUT2D eigenvalue weighted by molar-refractivity contribution is 6.35. The number of carbonyl (C=O) groups excluding carboxylic acids is 1. The molecule has 0 unspecified atom stereocenters. The van der Waals surface area contributed by atoms with E-state index in [1.54, 1.807) is 24.0 Å². The molecule has 3 rings (SSSR count). The van der Waals surface area contributed by atoms with Gasteiger partial charge < -0.3 is 15.0 Å². The maximum atomic E-state index is 12.6. The molecule has 0 bridgehead atoms. The summed E-state index contributed by atoms with van der Waals surface area (Å²) < 4.78 is 1.28. The van der Waals surface area contributed by atoms with Gasteiger partial charge in [0.05, 0.1) is 10.8 Å². The van der Waals surface area contributed by atoms with Crippen molar-refractivity contribution in [2.75, 3.05) is 26.2 Å². The molecule has 1 aliphatic heterocycles. The molecule has 0 atom stereocenters. The molecule has 0 saturated carbocycles. The fourth-order valence-electron chi connectivity index (χ4n) is 3.05. The molecule has 0 radical (unpaired) electrons. The highest BCUT2D eigenvalue weighted by Crippen LogP contribution is 2.26. The fourth-order valence-corrected chi connectivity index (χ4v) is 3.73. The van der Waals surface area contributed by atoms with E-state index >= 15 is 0 Å². The lowest BCUT2D eigenvalue weighted by Crippen LogP contribution is -2.49. The van der Waals surface area contributed by atoms with Crippen molar-refractivity contribution in [2.45, 2.75) is 20.0 Å². The van der Waals surface area contributed by atoms with Crippen LogP contribution in [0.2, 0.25) is 15.1 Å². The van der Waals surface area contributed by atoms with Gasteiger partial charge in [0.25, 0.3) is 0 Å². The Labute approximate surface area is 176 Å². The van der Waals surface area contributed by atoms with Crippen molar-refractivity contribution in [3.05, 3.63) is 54.6 Å². The largest absolute Gasteiger partial charge is 0.408 e. The van der Waals surface area contributed by atoms with Crippen LogP contribution in [0.25, 0.3) is 0 Å². The summed E-state index contributed by atoms with van der Waals surface area (Å²) in [6, 6.07) is 5.42. The fraction of sp³-hybridized carbons (Fsp3) is 0.412. The molecule has 1 aromatic carbocycles. The van der Waals surface area contributed by atoms with E-state index in [1.165, 1.54) is 4.68 Å². The van der Waals surface area contributed by atoms with E-state index in [-0.39, 0.29) is 17.5 Å². The molecule has 0 N–H and O–H groups in total. The number of amides is 1. The van der Waals surface area contributed by atoms with E-state index in [0.29, 0.717) is 48.5 Å². The Bertz CT molecular complexity index is 910. The van der Waals surface area contributed by atoms with Crippen LogP contribution in [-0.4, -0.2) is 56.6 Å². The third kappa shape index (κ3) is 4.57. The Morgan fingerprint density at radius 3 is 2.46 bits per heavy atom. The lowest BCUT2D eigenvalue weighted by molar-refractivity contribution is -0.389. The number of piperazine rings is 1. The molecule has 1 saturated heterocycles. The molecule has 2 heterocycles. The van der Waals surface area contributed by atoms with Crippen molar-refractivity contribution >= 4 is 46.5 Å². The molecule has 8 nitrogen and oxygen atoms in total. The minimum absolute atomic E-state index is 0.0394. The smallest absolute Gasteiger partial charge is 0.358 e. The maximum absolute atomic E-state index is 12.6. The Morgan fingerprint density at radius 1 is 1.21 bits per heavy atom. The quantitative estimate of drug-likeness (QED) is 0.519. The van der Waals surface area contributed by atoms with E-state index < -0.39 is 10.7 Å². The van der Waals surface area contributed by atoms with Crippen molar-refractivity contribution in [3.63, 3.8) is 0 Å². The van der Waals surface area contributed by atoms with Crippen LogP contribution in [0, 0.1) is 17.0 Å². The van der Waals surface area contributed by atoms with Crippen LogP contribution in [0.1, 0.15) is 11.3 Å². The topological polar surface area (TPSA) is 84.5 Å². The van der Waals surface area contributed by atoms with Gasteiger partial charge >= 0.3 is 5.82 Å². The van der Waals surface area contributed by atoms with Gasteiger partial charge in [-0.05, 0) is 29.5 Å². The van der Waals surface area contributed by atoms with Crippen molar-refractivity contribution in [3.8, 4) is 0 Å². The summed E-state index contributed by atoms with van der Waals surface area (Å²) in [5.41, 5.74) is 1.39. The lowest BCUT2D eigenvalue weighted by Gasteiger charge is -2.34. The second-order valence-corrected chi connectivity index (χ2v) is 7.75. The number of benzene rings is 1. The molecule has 28 heavy (non-hydrogen) atoms. The van der Waals surface area contributed by atoms with Crippen LogP contribution in [0.5, 0.6) is 0 Å². The van der Waals surface area contributed by atoms with Gasteiger partial charge in [-0.15, -0.1) is 0 Å². The molecule has 2 aromatic rings. The maximum Gasteiger partial charge on any atom is 0.408 e. The number of rotatable bonds is 5. The highest BCUT2D eigenvalue weighted by Gasteiger charge is 2.27. The molecule has 1 aliphatic rings. The van der Waals surface area contributed by atoms with Crippen LogP contribution < -0.4 is 0 Å². The summed E-state index contributed by atoms with van der Waals surface area (Å²) in [7, 11) is 0. The molecule has 0 aliphatic carbocycles. The first-order chi connectivity index (χ1) is 13.3. The number of carbonyl (C=O) groups is 1. The third-order valence-corrected chi connectivity index (χ3v) is 5.74. The SMILES string of the molecule is Cc1c(Cl)c([N+](=O)[O-])nn1CC(=O)N1CCN(Cc2ccc(Cl)cc2Cl)CC1. The van der Waals surface area contributed by atoms with Crippen molar-refractivity contribution < 1.29 is 9.72 Å². The summed E-state index contributed by atoms with van der Waals surface area (Å²) in [6.45, 7) is 4.71. The van der Waals surface area contributed by atoms with Gasteiger partial charge in [0.15, 0.2) is 5.02 Å². The zero-order valence-corrected chi connectivity index (χ0v) is 17.3. The molecule has 150 valence electrons. The van der Waals surface area contributed by atoms with Gasteiger partial charge in [0.1, 0.15) is 6.54 Å². The van der Waals surface area contributed by atoms with E-state index in [4.69, 9.17) is 34.8 Å². The number of hydrogen-bond donors (Lipinski definition) is 0. The van der Waals surface area contributed by atoms with Crippen molar-refractivity contribution in [1.29, 1.82) is 0 Å². The monoisotopic (exact) mass is 445 g/mol. The second kappa shape index (κ2) is 8.65. The van der Waals surface area contributed by atoms with Gasteiger partial charge in [-0.25, -0.2) is 0 Å². The van der Waals surface area contributed by atoms with E-state index in [1.807, 2.05) is 6.07 Å². The molecule has 1 amide bonds. The number of nitrogens with zero attached hydrogens (tertiary/aromatic N) is 5. The summed E-state index contributed by atoms with van der Waals surface area (Å²) in [4.78, 5) is 26.8. The Morgan fingerprint density at radius 2 is 1.89 bits per heavy atom. The minimum atomic E-state index is -0.656. The van der Waals surface area contributed by atoms with E-state index in [2.05, 4.69) is 10.00 Å². The zero-order valence-electron chi connectivity index (χ0n) is 15.1. The van der Waals surface area contributed by atoms with Crippen molar-refractivity contribution in [1.82, 2.24) is 19.6 Å². The summed E-state index contributed by atoms with van der Waals surface area (Å²) in [5.74, 6) is -0.585. The Kier molecular flexibility index (Phi) is 6.44. The van der Waals surface area contributed by atoms with Crippen LogP contribution in [0.3, 0.4) is 0 Å².